The quantitative estimate of drug-likeness (QED) is 0.226. The van der Waals surface area contributed by atoms with Crippen LogP contribution in [0.25, 0.3) is 0 Å². The van der Waals surface area contributed by atoms with E-state index in [2.05, 4.69) is 12.2 Å². The zero-order chi connectivity index (χ0) is 22.5. The topological polar surface area (TPSA) is 55.4 Å². The van der Waals surface area contributed by atoms with Crippen molar-refractivity contribution in [2.24, 2.45) is 5.92 Å². The largest absolute Gasteiger partial charge is 0.464 e. The summed E-state index contributed by atoms with van der Waals surface area (Å²) in [4.78, 5) is 24.7. The summed E-state index contributed by atoms with van der Waals surface area (Å²) in [5, 5.41) is 2.39. The van der Waals surface area contributed by atoms with Crippen LogP contribution in [-0.4, -0.2) is 24.5 Å². The van der Waals surface area contributed by atoms with Crippen LogP contribution in [0.3, 0.4) is 0 Å². The zero-order valence-corrected chi connectivity index (χ0v) is 18.2. The maximum absolute atomic E-state index is 13.9. The van der Waals surface area contributed by atoms with Crippen LogP contribution >= 0.6 is 0 Å². The van der Waals surface area contributed by atoms with Crippen molar-refractivity contribution in [3.05, 3.63) is 35.1 Å². The van der Waals surface area contributed by atoms with Crippen molar-refractivity contribution in [3.63, 3.8) is 0 Å². The molecule has 0 saturated heterocycles. The van der Waals surface area contributed by atoms with Gasteiger partial charge in [-0.15, -0.1) is 0 Å². The van der Waals surface area contributed by atoms with Crippen molar-refractivity contribution in [2.45, 2.75) is 84.6 Å². The number of unbranched alkanes of at least 4 members (excludes halogenated alkanes) is 7. The Morgan fingerprint density at radius 3 is 2.13 bits per heavy atom. The molecule has 1 aromatic rings. The van der Waals surface area contributed by atoms with Crippen LogP contribution in [0, 0.1) is 23.4 Å². The van der Waals surface area contributed by atoms with Gasteiger partial charge in [-0.05, 0) is 30.9 Å². The third-order valence-electron chi connectivity index (χ3n) is 4.82. The summed E-state index contributed by atoms with van der Waals surface area (Å²) in [5.74, 6) is -6.22. The van der Waals surface area contributed by atoms with Crippen molar-refractivity contribution in [2.75, 3.05) is 6.61 Å². The molecular weight excluding hydrogens is 395 g/mol. The Hall–Kier alpha value is -2.05. The first-order valence-corrected chi connectivity index (χ1v) is 10.9. The molecule has 1 atom stereocenters. The molecule has 1 aromatic carbocycles. The van der Waals surface area contributed by atoms with Crippen molar-refractivity contribution in [3.8, 4) is 0 Å². The molecule has 0 heterocycles. The molecule has 7 heteroatoms. The number of carbonyl (C=O) groups excluding carboxylic acids is 2. The number of rotatable bonds is 14. The first-order chi connectivity index (χ1) is 14.3. The first-order valence-electron chi connectivity index (χ1n) is 10.9. The lowest BCUT2D eigenvalue weighted by molar-refractivity contribution is -0.146. The van der Waals surface area contributed by atoms with Gasteiger partial charge in [0, 0.05) is 0 Å². The SMILES string of the molecule is CCCCCCCCCCOC(=O)C(CC(C)C)NC(=O)c1ccc(F)c(F)c1F. The lowest BCUT2D eigenvalue weighted by atomic mass is 10.0. The van der Waals surface area contributed by atoms with E-state index in [-0.39, 0.29) is 18.9 Å². The van der Waals surface area contributed by atoms with Gasteiger partial charge in [-0.25, -0.2) is 18.0 Å². The maximum Gasteiger partial charge on any atom is 0.328 e. The number of ether oxygens (including phenoxy) is 1. The average Bonchev–Trinajstić information content (AvgIpc) is 2.69. The lowest BCUT2D eigenvalue weighted by Crippen LogP contribution is -2.43. The fraction of sp³-hybridized carbons (Fsp3) is 0.652. The van der Waals surface area contributed by atoms with E-state index in [1.165, 1.54) is 32.1 Å². The highest BCUT2D eigenvalue weighted by atomic mass is 19.2. The van der Waals surface area contributed by atoms with Gasteiger partial charge in [0.05, 0.1) is 12.2 Å². The standard InChI is InChI=1S/C23H34F3NO3/c1-4-5-6-7-8-9-10-11-14-30-23(29)19(15-16(2)3)27-22(28)17-12-13-18(24)21(26)20(17)25/h12-13,16,19H,4-11,14-15H2,1-3H3,(H,27,28). The summed E-state index contributed by atoms with van der Waals surface area (Å²) >= 11 is 0. The Morgan fingerprint density at radius 1 is 0.933 bits per heavy atom. The second kappa shape index (κ2) is 14.0. The monoisotopic (exact) mass is 429 g/mol. The first kappa shape index (κ1) is 26.0. The Morgan fingerprint density at radius 2 is 1.53 bits per heavy atom. The number of halogens is 3. The highest BCUT2D eigenvalue weighted by Gasteiger charge is 2.26. The normalized spacial score (nSPS) is 12.1. The number of amides is 1. The molecule has 4 nitrogen and oxygen atoms in total. The number of hydrogen-bond acceptors (Lipinski definition) is 3. The Balaban J connectivity index is 2.51. The summed E-state index contributed by atoms with van der Waals surface area (Å²) in [5.41, 5.74) is -0.654. The van der Waals surface area contributed by atoms with Crippen LogP contribution in [0.4, 0.5) is 13.2 Å². The fourth-order valence-corrected chi connectivity index (χ4v) is 3.13. The second-order valence-electron chi connectivity index (χ2n) is 8.02. The molecule has 0 aromatic heterocycles. The highest BCUT2D eigenvalue weighted by Crippen LogP contribution is 2.16. The second-order valence-corrected chi connectivity index (χ2v) is 8.02. The fourth-order valence-electron chi connectivity index (χ4n) is 3.13. The summed E-state index contributed by atoms with van der Waals surface area (Å²) in [6.07, 6.45) is 9.18. The number of carbonyl (C=O) groups is 2. The van der Waals surface area contributed by atoms with E-state index in [1.807, 2.05) is 13.8 Å². The summed E-state index contributed by atoms with van der Waals surface area (Å²) in [7, 11) is 0. The van der Waals surface area contributed by atoms with Crippen LogP contribution < -0.4 is 5.32 Å². The molecule has 0 aliphatic carbocycles. The Kier molecular flexibility index (Phi) is 12.2. The molecule has 1 rings (SSSR count). The molecule has 0 saturated carbocycles. The van der Waals surface area contributed by atoms with Gasteiger partial charge in [0.25, 0.3) is 5.91 Å². The molecule has 0 aliphatic heterocycles. The molecule has 0 spiro atoms. The van der Waals surface area contributed by atoms with Crippen LogP contribution in [0.5, 0.6) is 0 Å². The predicted molar refractivity (Wildman–Crippen MR) is 111 cm³/mol. The van der Waals surface area contributed by atoms with E-state index < -0.39 is 40.9 Å². The van der Waals surface area contributed by atoms with Crippen LogP contribution in [0.2, 0.25) is 0 Å². The predicted octanol–water partition coefficient (Wildman–Crippen LogP) is 5.93. The average molecular weight is 430 g/mol. The molecule has 0 bridgehead atoms. The maximum atomic E-state index is 13.9. The molecule has 0 radical (unpaired) electrons. The van der Waals surface area contributed by atoms with Crippen molar-refractivity contribution in [1.82, 2.24) is 5.32 Å². The van der Waals surface area contributed by atoms with Gasteiger partial charge in [0.2, 0.25) is 0 Å². The Bertz CT molecular complexity index is 680. The third kappa shape index (κ3) is 9.18. The summed E-state index contributed by atoms with van der Waals surface area (Å²) in [6, 6.07) is 0.534. The van der Waals surface area contributed by atoms with E-state index in [0.29, 0.717) is 6.07 Å². The van der Waals surface area contributed by atoms with E-state index in [4.69, 9.17) is 4.74 Å². The van der Waals surface area contributed by atoms with Gasteiger partial charge in [0.1, 0.15) is 6.04 Å². The van der Waals surface area contributed by atoms with Crippen LogP contribution in [-0.2, 0) is 9.53 Å². The molecule has 0 fully saturated rings. The number of benzene rings is 1. The highest BCUT2D eigenvalue weighted by molar-refractivity contribution is 5.97. The molecule has 170 valence electrons. The van der Waals surface area contributed by atoms with Crippen molar-refractivity contribution >= 4 is 11.9 Å². The van der Waals surface area contributed by atoms with Crippen LogP contribution in [0.15, 0.2) is 12.1 Å². The van der Waals surface area contributed by atoms with Gasteiger partial charge in [-0.2, -0.15) is 0 Å². The van der Waals surface area contributed by atoms with E-state index >= 15 is 0 Å². The summed E-state index contributed by atoms with van der Waals surface area (Å²) < 4.78 is 45.6. The molecule has 1 unspecified atom stereocenters. The molecular formula is C23H34F3NO3. The van der Waals surface area contributed by atoms with E-state index in [0.717, 1.165) is 25.3 Å². The van der Waals surface area contributed by atoms with Crippen molar-refractivity contribution in [1.29, 1.82) is 0 Å². The van der Waals surface area contributed by atoms with Gasteiger partial charge >= 0.3 is 5.97 Å². The van der Waals surface area contributed by atoms with Gasteiger partial charge in [-0.3, -0.25) is 4.79 Å². The summed E-state index contributed by atoms with van der Waals surface area (Å²) in [6.45, 7) is 6.15. The van der Waals surface area contributed by atoms with Gasteiger partial charge in [-0.1, -0.05) is 65.7 Å². The minimum absolute atomic E-state index is 0.0563. The molecule has 1 amide bonds. The number of nitrogens with one attached hydrogen (secondary N) is 1. The van der Waals surface area contributed by atoms with E-state index in [9.17, 15) is 22.8 Å². The lowest BCUT2D eigenvalue weighted by Gasteiger charge is -2.19. The van der Waals surface area contributed by atoms with Gasteiger partial charge in [0.15, 0.2) is 17.5 Å². The molecule has 0 aliphatic rings. The zero-order valence-electron chi connectivity index (χ0n) is 18.2. The van der Waals surface area contributed by atoms with E-state index in [1.54, 1.807) is 0 Å². The third-order valence-corrected chi connectivity index (χ3v) is 4.82. The molecule has 30 heavy (non-hydrogen) atoms. The molecule has 1 N–H and O–H groups in total. The van der Waals surface area contributed by atoms with Gasteiger partial charge < -0.3 is 10.1 Å². The number of esters is 1. The van der Waals surface area contributed by atoms with Crippen molar-refractivity contribution < 1.29 is 27.5 Å². The number of hydrogen-bond donors (Lipinski definition) is 1. The Labute approximate surface area is 177 Å². The minimum atomic E-state index is -1.72. The minimum Gasteiger partial charge on any atom is -0.464 e. The van der Waals surface area contributed by atoms with Crippen LogP contribution in [0.1, 0.15) is 88.9 Å². The smallest absolute Gasteiger partial charge is 0.328 e.